The van der Waals surface area contributed by atoms with Gasteiger partial charge in [-0.25, -0.2) is 4.57 Å². The molecule has 0 heterocycles. The third-order valence-corrected chi connectivity index (χ3v) is 11.4. The lowest BCUT2D eigenvalue weighted by Gasteiger charge is -2.25. The van der Waals surface area contributed by atoms with Crippen LogP contribution in [0.25, 0.3) is 0 Å². The number of phosphoric acid groups is 1. The van der Waals surface area contributed by atoms with Crippen LogP contribution >= 0.6 is 7.82 Å². The number of aliphatic hydroxyl groups is 1. The largest absolute Gasteiger partial charge is 0.472 e. The van der Waals surface area contributed by atoms with Gasteiger partial charge < -0.3 is 19.8 Å². The van der Waals surface area contributed by atoms with E-state index in [4.69, 9.17) is 9.05 Å². The molecule has 0 rings (SSSR count). The Morgan fingerprint density at radius 3 is 1.40 bits per heavy atom. The fourth-order valence-electron chi connectivity index (χ4n) is 6.68. The lowest BCUT2D eigenvalue weighted by atomic mass is 10.0. The summed E-state index contributed by atoms with van der Waals surface area (Å²) in [6.45, 7) is 4.81. The van der Waals surface area contributed by atoms with Crippen LogP contribution in [-0.2, 0) is 18.4 Å². The zero-order valence-corrected chi connectivity index (χ0v) is 37.8. The molecular formula is C46H92N2O6P+. The van der Waals surface area contributed by atoms with Gasteiger partial charge in [-0.05, 0) is 44.9 Å². The van der Waals surface area contributed by atoms with E-state index in [1.165, 1.54) is 154 Å². The molecule has 55 heavy (non-hydrogen) atoms. The SMILES string of the molecule is CCCCCCCC/C=C\CCCCCCCCCC(=O)NC(COP(=O)(O)OCC[N+](C)(C)C)C(O)/C=C/CCCCCCCCCCCCCCCC. The molecule has 0 aliphatic heterocycles. The third kappa shape index (κ3) is 41.0. The minimum atomic E-state index is -4.34. The van der Waals surface area contributed by atoms with E-state index in [0.717, 1.165) is 38.5 Å². The average Bonchev–Trinajstić information content (AvgIpc) is 3.13. The third-order valence-electron chi connectivity index (χ3n) is 10.4. The van der Waals surface area contributed by atoms with Crippen molar-refractivity contribution in [3.63, 3.8) is 0 Å². The number of likely N-dealkylation sites (N-methyl/N-ethyl adjacent to an activating group) is 1. The first-order valence-electron chi connectivity index (χ1n) is 23.2. The van der Waals surface area contributed by atoms with Crippen LogP contribution in [0.1, 0.15) is 213 Å². The van der Waals surface area contributed by atoms with Crippen molar-refractivity contribution < 1.29 is 32.9 Å². The lowest BCUT2D eigenvalue weighted by molar-refractivity contribution is -0.870. The van der Waals surface area contributed by atoms with E-state index in [1.807, 2.05) is 27.2 Å². The highest BCUT2D eigenvalue weighted by Crippen LogP contribution is 2.43. The molecular weight excluding hydrogens is 707 g/mol. The molecule has 0 saturated carbocycles. The number of aliphatic hydroxyl groups excluding tert-OH is 1. The first-order valence-corrected chi connectivity index (χ1v) is 24.7. The molecule has 3 unspecified atom stereocenters. The zero-order valence-electron chi connectivity index (χ0n) is 36.9. The van der Waals surface area contributed by atoms with Gasteiger partial charge in [-0.2, -0.15) is 0 Å². The Hall–Kier alpha value is -1.02. The monoisotopic (exact) mass is 800 g/mol. The van der Waals surface area contributed by atoms with Crippen LogP contribution in [0, 0.1) is 0 Å². The van der Waals surface area contributed by atoms with E-state index >= 15 is 0 Å². The van der Waals surface area contributed by atoms with Gasteiger partial charge in [-0.15, -0.1) is 0 Å². The molecule has 0 radical (unpaired) electrons. The van der Waals surface area contributed by atoms with Gasteiger partial charge in [0.1, 0.15) is 13.2 Å². The summed E-state index contributed by atoms with van der Waals surface area (Å²) >= 11 is 0. The summed E-state index contributed by atoms with van der Waals surface area (Å²) in [5.74, 6) is -0.181. The first-order chi connectivity index (χ1) is 26.5. The summed E-state index contributed by atoms with van der Waals surface area (Å²) in [4.78, 5) is 23.1. The second kappa shape index (κ2) is 38.5. The topological polar surface area (TPSA) is 105 Å². The number of phosphoric ester groups is 1. The van der Waals surface area contributed by atoms with Crippen molar-refractivity contribution in [1.29, 1.82) is 0 Å². The van der Waals surface area contributed by atoms with Crippen LogP contribution in [-0.4, -0.2) is 73.4 Å². The molecule has 0 aliphatic rings. The van der Waals surface area contributed by atoms with Crippen molar-refractivity contribution in [2.45, 2.75) is 225 Å². The maximum absolute atomic E-state index is 12.9. The minimum Gasteiger partial charge on any atom is -0.387 e. The van der Waals surface area contributed by atoms with Gasteiger partial charge in [-0.1, -0.05) is 186 Å². The smallest absolute Gasteiger partial charge is 0.387 e. The van der Waals surface area contributed by atoms with Gasteiger partial charge in [0, 0.05) is 6.42 Å². The van der Waals surface area contributed by atoms with Gasteiger partial charge in [0.25, 0.3) is 0 Å². The number of carbonyl (C=O) groups is 1. The van der Waals surface area contributed by atoms with E-state index in [2.05, 4.69) is 31.3 Å². The second-order valence-electron chi connectivity index (χ2n) is 17.1. The number of amides is 1. The average molecular weight is 800 g/mol. The number of hydrogen-bond acceptors (Lipinski definition) is 5. The molecule has 0 aromatic heterocycles. The van der Waals surface area contributed by atoms with Crippen molar-refractivity contribution in [2.75, 3.05) is 40.9 Å². The van der Waals surface area contributed by atoms with Crippen molar-refractivity contribution in [1.82, 2.24) is 5.32 Å². The second-order valence-corrected chi connectivity index (χ2v) is 18.6. The summed E-state index contributed by atoms with van der Waals surface area (Å²) < 4.78 is 23.6. The predicted octanol–water partition coefficient (Wildman–Crippen LogP) is 12.9. The van der Waals surface area contributed by atoms with E-state index in [9.17, 15) is 19.4 Å². The van der Waals surface area contributed by atoms with E-state index in [1.54, 1.807) is 6.08 Å². The molecule has 0 saturated heterocycles. The molecule has 3 atom stereocenters. The summed E-state index contributed by atoms with van der Waals surface area (Å²) in [6, 6.07) is -0.845. The highest BCUT2D eigenvalue weighted by Gasteiger charge is 2.27. The van der Waals surface area contributed by atoms with Crippen LogP contribution in [0.2, 0.25) is 0 Å². The highest BCUT2D eigenvalue weighted by atomic mass is 31.2. The van der Waals surface area contributed by atoms with Crippen LogP contribution in [0.5, 0.6) is 0 Å². The molecule has 0 aliphatic carbocycles. The fourth-order valence-corrected chi connectivity index (χ4v) is 7.42. The molecule has 0 aromatic rings. The van der Waals surface area contributed by atoms with E-state index in [-0.39, 0.29) is 19.1 Å². The Morgan fingerprint density at radius 2 is 0.982 bits per heavy atom. The lowest BCUT2D eigenvalue weighted by Crippen LogP contribution is -2.45. The van der Waals surface area contributed by atoms with Gasteiger partial charge in [0.2, 0.25) is 5.91 Å². The van der Waals surface area contributed by atoms with Crippen molar-refractivity contribution >= 4 is 13.7 Å². The molecule has 8 nitrogen and oxygen atoms in total. The molecule has 0 aromatic carbocycles. The number of quaternary nitrogens is 1. The number of rotatable bonds is 42. The van der Waals surface area contributed by atoms with Crippen LogP contribution in [0.4, 0.5) is 0 Å². The fraction of sp³-hybridized carbons (Fsp3) is 0.891. The van der Waals surface area contributed by atoms with Gasteiger partial charge in [0.05, 0.1) is 39.9 Å². The van der Waals surface area contributed by atoms with Crippen molar-refractivity contribution in [3.05, 3.63) is 24.3 Å². The summed E-state index contributed by atoms with van der Waals surface area (Å²) in [6.07, 6.45) is 45.2. The zero-order chi connectivity index (χ0) is 40.7. The van der Waals surface area contributed by atoms with Crippen LogP contribution in [0.3, 0.4) is 0 Å². The predicted molar refractivity (Wildman–Crippen MR) is 235 cm³/mol. The molecule has 9 heteroatoms. The van der Waals surface area contributed by atoms with Gasteiger partial charge in [-0.3, -0.25) is 13.8 Å². The normalized spacial score (nSPS) is 14.5. The Labute approximate surface area is 341 Å². The van der Waals surface area contributed by atoms with Crippen molar-refractivity contribution in [3.8, 4) is 0 Å². The Morgan fingerprint density at radius 1 is 0.600 bits per heavy atom. The maximum atomic E-state index is 12.9. The molecule has 0 spiro atoms. The molecule has 326 valence electrons. The summed E-state index contributed by atoms with van der Waals surface area (Å²) in [5.41, 5.74) is 0. The van der Waals surface area contributed by atoms with E-state index in [0.29, 0.717) is 17.4 Å². The van der Waals surface area contributed by atoms with Gasteiger partial charge in [0.15, 0.2) is 0 Å². The summed E-state index contributed by atoms with van der Waals surface area (Å²) in [7, 11) is 1.57. The number of allylic oxidation sites excluding steroid dienone is 3. The quantitative estimate of drug-likeness (QED) is 0.0246. The Balaban J connectivity index is 4.40. The van der Waals surface area contributed by atoms with Crippen LogP contribution < -0.4 is 5.32 Å². The van der Waals surface area contributed by atoms with Gasteiger partial charge >= 0.3 is 7.82 Å². The number of unbranched alkanes of at least 4 members (excludes halogenated alkanes) is 27. The van der Waals surface area contributed by atoms with Crippen LogP contribution in [0.15, 0.2) is 24.3 Å². The molecule has 3 N–H and O–H groups in total. The molecule has 0 fully saturated rings. The summed E-state index contributed by atoms with van der Waals surface area (Å²) in [5, 5.41) is 13.8. The molecule has 0 bridgehead atoms. The minimum absolute atomic E-state index is 0.0618. The van der Waals surface area contributed by atoms with E-state index < -0.39 is 20.0 Å². The first kappa shape index (κ1) is 54.0. The number of carbonyl (C=O) groups excluding carboxylic acids is 1. The Bertz CT molecular complexity index is 953. The maximum Gasteiger partial charge on any atom is 0.472 e. The van der Waals surface area contributed by atoms with Crippen molar-refractivity contribution in [2.24, 2.45) is 0 Å². The molecule has 1 amide bonds. The number of nitrogens with one attached hydrogen (secondary N) is 1. The highest BCUT2D eigenvalue weighted by molar-refractivity contribution is 7.47. The Kier molecular flexibility index (Phi) is 37.8. The number of nitrogens with zero attached hydrogens (tertiary/aromatic N) is 1. The standard InChI is InChI=1S/C46H91N2O6P/c1-6-8-10-12-14-16-18-20-22-24-26-28-30-32-34-36-38-40-46(50)47-44(43-54-55(51,52)53-42-41-48(3,4)5)45(49)39-37-35-33-31-29-27-25-23-21-19-17-15-13-11-9-7-2/h20,22,37,39,44-45,49H,6-19,21,23-36,38,40-43H2,1-5H3,(H-,47,50,51,52)/p+1/b22-20-,39-37+. The number of hydrogen-bond donors (Lipinski definition) is 3.